The molecular formula is C19H23ClN2O5S. The Morgan fingerprint density at radius 2 is 1.79 bits per heavy atom. The van der Waals surface area contributed by atoms with Crippen molar-refractivity contribution < 1.29 is 22.7 Å². The van der Waals surface area contributed by atoms with Gasteiger partial charge in [0.1, 0.15) is 18.1 Å². The third-order valence-electron chi connectivity index (χ3n) is 3.99. The lowest BCUT2D eigenvalue weighted by Crippen LogP contribution is -2.37. The van der Waals surface area contributed by atoms with E-state index in [1.165, 1.54) is 25.2 Å². The van der Waals surface area contributed by atoms with E-state index in [2.05, 4.69) is 5.32 Å². The molecule has 0 radical (unpaired) electrons. The van der Waals surface area contributed by atoms with Crippen molar-refractivity contribution in [2.24, 2.45) is 0 Å². The third-order valence-corrected chi connectivity index (χ3v) is 5.53. The van der Waals surface area contributed by atoms with Crippen LogP contribution in [-0.4, -0.2) is 47.4 Å². The normalized spacial score (nSPS) is 12.2. The SMILES string of the molecule is COc1ccc(OC[C@H](C)NC(=O)c2cc(N(C)S(C)(=O)=O)ccc2Cl)cc1. The van der Waals surface area contributed by atoms with E-state index >= 15 is 0 Å². The number of hydrogen-bond donors (Lipinski definition) is 1. The fraction of sp³-hybridized carbons (Fsp3) is 0.316. The number of hydrogen-bond acceptors (Lipinski definition) is 5. The monoisotopic (exact) mass is 426 g/mol. The number of ether oxygens (including phenoxy) is 2. The lowest BCUT2D eigenvalue weighted by Gasteiger charge is -2.19. The van der Waals surface area contributed by atoms with Crippen molar-refractivity contribution in [3.05, 3.63) is 53.1 Å². The molecule has 0 saturated heterocycles. The van der Waals surface area contributed by atoms with Crippen molar-refractivity contribution in [3.63, 3.8) is 0 Å². The second-order valence-corrected chi connectivity index (χ2v) is 8.68. The Hall–Kier alpha value is -2.45. The number of halogens is 1. The number of amides is 1. The summed E-state index contributed by atoms with van der Waals surface area (Å²) in [6.07, 6.45) is 1.08. The number of nitrogens with zero attached hydrogens (tertiary/aromatic N) is 1. The van der Waals surface area contributed by atoms with Crippen LogP contribution in [0.3, 0.4) is 0 Å². The fourth-order valence-electron chi connectivity index (χ4n) is 2.31. The van der Waals surface area contributed by atoms with Crippen LogP contribution in [0.2, 0.25) is 5.02 Å². The van der Waals surface area contributed by atoms with Crippen LogP contribution in [0.4, 0.5) is 5.69 Å². The molecule has 0 saturated carbocycles. The van der Waals surface area contributed by atoms with Crippen LogP contribution in [0, 0.1) is 0 Å². The smallest absolute Gasteiger partial charge is 0.253 e. The van der Waals surface area contributed by atoms with E-state index in [1.807, 2.05) is 0 Å². The van der Waals surface area contributed by atoms with Crippen LogP contribution < -0.4 is 19.1 Å². The molecule has 0 bridgehead atoms. The predicted octanol–water partition coefficient (Wildman–Crippen LogP) is 2.94. The molecule has 1 atom stereocenters. The Morgan fingerprint density at radius 1 is 1.18 bits per heavy atom. The summed E-state index contributed by atoms with van der Waals surface area (Å²) in [5.41, 5.74) is 0.533. The van der Waals surface area contributed by atoms with Gasteiger partial charge in [-0.05, 0) is 49.4 Å². The highest BCUT2D eigenvalue weighted by Crippen LogP contribution is 2.24. The van der Waals surface area contributed by atoms with Crippen molar-refractivity contribution in [1.29, 1.82) is 0 Å². The number of benzene rings is 2. The van der Waals surface area contributed by atoms with Gasteiger partial charge in [-0.1, -0.05) is 11.6 Å². The molecule has 2 aromatic carbocycles. The third kappa shape index (κ3) is 5.77. The number of sulfonamides is 1. The van der Waals surface area contributed by atoms with Crippen molar-refractivity contribution in [2.75, 3.05) is 31.3 Å². The molecule has 0 heterocycles. The molecule has 1 N–H and O–H groups in total. The van der Waals surface area contributed by atoms with Gasteiger partial charge in [0.25, 0.3) is 5.91 Å². The summed E-state index contributed by atoms with van der Waals surface area (Å²) < 4.78 is 35.2. The molecule has 0 unspecified atom stereocenters. The molecule has 0 spiro atoms. The van der Waals surface area contributed by atoms with Crippen molar-refractivity contribution in [1.82, 2.24) is 5.32 Å². The molecule has 7 nitrogen and oxygen atoms in total. The molecule has 28 heavy (non-hydrogen) atoms. The maximum Gasteiger partial charge on any atom is 0.253 e. The van der Waals surface area contributed by atoms with Gasteiger partial charge >= 0.3 is 0 Å². The lowest BCUT2D eigenvalue weighted by molar-refractivity contribution is 0.0927. The molecule has 0 aliphatic heterocycles. The van der Waals surface area contributed by atoms with Gasteiger partial charge in [-0.25, -0.2) is 8.42 Å². The Kier molecular flexibility index (Phi) is 7.15. The average Bonchev–Trinajstić information content (AvgIpc) is 2.65. The highest BCUT2D eigenvalue weighted by atomic mass is 35.5. The second kappa shape index (κ2) is 9.16. The molecule has 9 heteroatoms. The Bertz CT molecular complexity index is 932. The Balaban J connectivity index is 2.02. The van der Waals surface area contributed by atoms with Crippen LogP contribution >= 0.6 is 11.6 Å². The van der Waals surface area contributed by atoms with Crippen molar-refractivity contribution >= 4 is 33.2 Å². The maximum absolute atomic E-state index is 12.6. The topological polar surface area (TPSA) is 84.9 Å². The van der Waals surface area contributed by atoms with Crippen molar-refractivity contribution in [3.8, 4) is 11.5 Å². The minimum absolute atomic E-state index is 0.186. The van der Waals surface area contributed by atoms with Crippen LogP contribution in [0.25, 0.3) is 0 Å². The minimum Gasteiger partial charge on any atom is -0.497 e. The van der Waals surface area contributed by atoms with Crippen LogP contribution in [0.5, 0.6) is 11.5 Å². The Morgan fingerprint density at radius 3 is 2.36 bits per heavy atom. The molecule has 0 fully saturated rings. The van der Waals surface area contributed by atoms with E-state index in [0.29, 0.717) is 11.4 Å². The second-order valence-electron chi connectivity index (χ2n) is 6.26. The summed E-state index contributed by atoms with van der Waals surface area (Å²) in [7, 11) is -0.456. The van der Waals surface area contributed by atoms with Crippen molar-refractivity contribution in [2.45, 2.75) is 13.0 Å². The predicted molar refractivity (Wildman–Crippen MR) is 110 cm³/mol. The fourth-order valence-corrected chi connectivity index (χ4v) is 3.01. The summed E-state index contributed by atoms with van der Waals surface area (Å²) in [5.74, 6) is 0.957. The maximum atomic E-state index is 12.6. The zero-order valence-electron chi connectivity index (χ0n) is 16.1. The van der Waals surface area contributed by atoms with Gasteiger partial charge in [0.2, 0.25) is 10.0 Å². The minimum atomic E-state index is -3.45. The molecule has 0 aliphatic rings. The first kappa shape index (κ1) is 21.8. The largest absolute Gasteiger partial charge is 0.497 e. The molecule has 0 aliphatic carbocycles. The van der Waals surface area contributed by atoms with Crippen LogP contribution in [0.1, 0.15) is 17.3 Å². The van der Waals surface area contributed by atoms with E-state index in [1.54, 1.807) is 38.3 Å². The first-order chi connectivity index (χ1) is 13.1. The average molecular weight is 427 g/mol. The lowest BCUT2D eigenvalue weighted by atomic mass is 10.1. The van der Waals surface area contributed by atoms with Gasteiger partial charge in [0, 0.05) is 7.05 Å². The highest BCUT2D eigenvalue weighted by molar-refractivity contribution is 7.92. The number of nitrogens with one attached hydrogen (secondary N) is 1. The number of carbonyl (C=O) groups excluding carboxylic acids is 1. The van der Waals surface area contributed by atoms with Gasteiger partial charge in [-0.2, -0.15) is 0 Å². The van der Waals surface area contributed by atoms with E-state index in [9.17, 15) is 13.2 Å². The molecule has 2 rings (SSSR count). The zero-order valence-corrected chi connectivity index (χ0v) is 17.7. The number of anilines is 1. The number of rotatable bonds is 8. The standard InChI is InChI=1S/C19H23ClN2O5S/c1-13(12-27-16-8-6-15(26-3)7-9-16)21-19(23)17-11-14(5-10-18(17)20)22(2)28(4,24)25/h5-11,13H,12H2,1-4H3,(H,21,23)/t13-/m0/s1. The first-order valence-electron chi connectivity index (χ1n) is 8.43. The van der Waals surface area contributed by atoms with E-state index in [4.69, 9.17) is 21.1 Å². The summed E-state index contributed by atoms with van der Waals surface area (Å²) in [6, 6.07) is 11.3. The van der Waals surface area contributed by atoms with Gasteiger partial charge in [-0.3, -0.25) is 9.10 Å². The zero-order chi connectivity index (χ0) is 20.9. The van der Waals surface area contributed by atoms with Gasteiger partial charge in [0.15, 0.2) is 0 Å². The summed E-state index contributed by atoms with van der Waals surface area (Å²) in [5, 5.41) is 3.02. The first-order valence-corrected chi connectivity index (χ1v) is 10.7. The molecular weight excluding hydrogens is 404 g/mol. The molecule has 1 amide bonds. The summed E-state index contributed by atoms with van der Waals surface area (Å²) in [6.45, 7) is 2.04. The quantitative estimate of drug-likeness (QED) is 0.701. The van der Waals surface area contributed by atoms with Gasteiger partial charge < -0.3 is 14.8 Å². The summed E-state index contributed by atoms with van der Waals surface area (Å²) >= 11 is 6.12. The highest BCUT2D eigenvalue weighted by Gasteiger charge is 2.18. The summed E-state index contributed by atoms with van der Waals surface area (Å²) in [4.78, 5) is 12.6. The Labute approximate surface area is 170 Å². The van der Waals surface area contributed by atoms with E-state index in [-0.39, 0.29) is 23.2 Å². The van der Waals surface area contributed by atoms with E-state index in [0.717, 1.165) is 16.3 Å². The molecule has 152 valence electrons. The molecule has 0 aromatic heterocycles. The van der Waals surface area contributed by atoms with Gasteiger partial charge in [0.05, 0.1) is 35.7 Å². The van der Waals surface area contributed by atoms with Crippen LogP contribution in [-0.2, 0) is 10.0 Å². The van der Waals surface area contributed by atoms with E-state index < -0.39 is 15.9 Å². The van der Waals surface area contributed by atoms with Gasteiger partial charge in [-0.15, -0.1) is 0 Å². The number of methoxy groups -OCH3 is 1. The van der Waals surface area contributed by atoms with Crippen LogP contribution in [0.15, 0.2) is 42.5 Å². The molecule has 2 aromatic rings. The number of carbonyl (C=O) groups is 1.